The minimum absolute atomic E-state index is 0.184. The van der Waals surface area contributed by atoms with Crippen LogP contribution in [0.1, 0.15) is 40.1 Å². The van der Waals surface area contributed by atoms with E-state index in [0.29, 0.717) is 29.2 Å². The minimum Gasteiger partial charge on any atom is -0.451 e. The van der Waals surface area contributed by atoms with Crippen molar-refractivity contribution in [1.82, 2.24) is 4.31 Å². The monoisotopic (exact) mass is 436 g/mol. The molecule has 2 heterocycles. The summed E-state index contributed by atoms with van der Waals surface area (Å²) in [7, 11) is -3.61. The zero-order valence-corrected chi connectivity index (χ0v) is 18.1. The summed E-state index contributed by atoms with van der Waals surface area (Å²) in [5.74, 6) is -1.08. The van der Waals surface area contributed by atoms with Crippen molar-refractivity contribution in [3.05, 3.63) is 45.6 Å². The highest BCUT2D eigenvalue weighted by molar-refractivity contribution is 7.89. The van der Waals surface area contributed by atoms with Gasteiger partial charge in [0, 0.05) is 18.8 Å². The van der Waals surface area contributed by atoms with Crippen LogP contribution in [-0.2, 0) is 19.6 Å². The Morgan fingerprint density at radius 3 is 2.48 bits per heavy atom. The molecule has 1 saturated heterocycles. The fraction of sp³-hybridized carbons (Fsp3) is 0.400. The summed E-state index contributed by atoms with van der Waals surface area (Å²) in [6.07, 6.45) is 2.73. The topological polar surface area (TPSA) is 92.8 Å². The van der Waals surface area contributed by atoms with Gasteiger partial charge in [0.15, 0.2) is 6.61 Å². The fourth-order valence-corrected chi connectivity index (χ4v) is 5.76. The first kappa shape index (κ1) is 21.5. The second-order valence-electron chi connectivity index (χ2n) is 7.00. The number of carbonyl (C=O) groups excluding carboxylic acids is 2. The Balaban J connectivity index is 1.67. The van der Waals surface area contributed by atoms with Crippen LogP contribution in [0, 0.1) is 13.8 Å². The molecule has 0 spiro atoms. The number of hydrogen-bond donors (Lipinski definition) is 1. The number of nitrogens with one attached hydrogen (secondary N) is 1. The molecule has 1 amide bonds. The number of piperidine rings is 1. The summed E-state index contributed by atoms with van der Waals surface area (Å²) in [5.41, 5.74) is 1.76. The Labute approximate surface area is 174 Å². The van der Waals surface area contributed by atoms with Crippen LogP contribution in [0.25, 0.3) is 0 Å². The van der Waals surface area contributed by atoms with E-state index in [4.69, 9.17) is 4.74 Å². The summed E-state index contributed by atoms with van der Waals surface area (Å²) >= 11 is 1.26. The number of rotatable bonds is 6. The molecule has 1 aliphatic heterocycles. The Bertz CT molecular complexity index is 1010. The molecule has 156 valence electrons. The highest BCUT2D eigenvalue weighted by atomic mass is 32.2. The quantitative estimate of drug-likeness (QED) is 0.701. The highest BCUT2D eigenvalue weighted by Gasteiger charge is 2.27. The lowest BCUT2D eigenvalue weighted by molar-refractivity contribution is -0.119. The smallest absolute Gasteiger partial charge is 0.349 e. The van der Waals surface area contributed by atoms with Gasteiger partial charge in [-0.05, 0) is 61.4 Å². The van der Waals surface area contributed by atoms with E-state index in [1.165, 1.54) is 21.7 Å². The summed E-state index contributed by atoms with van der Waals surface area (Å²) in [4.78, 5) is 24.8. The molecular weight excluding hydrogens is 412 g/mol. The third kappa shape index (κ3) is 5.04. The van der Waals surface area contributed by atoms with E-state index in [9.17, 15) is 18.0 Å². The molecule has 3 rings (SSSR count). The maximum atomic E-state index is 13.0. The largest absolute Gasteiger partial charge is 0.451 e. The number of benzene rings is 1. The first-order chi connectivity index (χ1) is 13.8. The summed E-state index contributed by atoms with van der Waals surface area (Å²) in [6, 6.07) is 6.56. The number of nitrogens with zero attached hydrogens (tertiary/aromatic N) is 1. The summed E-state index contributed by atoms with van der Waals surface area (Å²) in [5, 5.41) is 4.38. The zero-order chi connectivity index (χ0) is 21.0. The van der Waals surface area contributed by atoms with Crippen molar-refractivity contribution in [2.24, 2.45) is 0 Å². The molecule has 0 aliphatic carbocycles. The van der Waals surface area contributed by atoms with Gasteiger partial charge < -0.3 is 10.1 Å². The van der Waals surface area contributed by atoms with Gasteiger partial charge in [0.25, 0.3) is 5.91 Å². The van der Waals surface area contributed by atoms with Crippen LogP contribution in [0.3, 0.4) is 0 Å². The van der Waals surface area contributed by atoms with Gasteiger partial charge in [0.05, 0.1) is 4.90 Å². The maximum absolute atomic E-state index is 13.0. The van der Waals surface area contributed by atoms with Gasteiger partial charge in [-0.3, -0.25) is 4.79 Å². The van der Waals surface area contributed by atoms with Crippen molar-refractivity contribution in [3.63, 3.8) is 0 Å². The lowest BCUT2D eigenvalue weighted by atomic mass is 10.2. The molecule has 0 saturated carbocycles. The van der Waals surface area contributed by atoms with Crippen molar-refractivity contribution in [1.29, 1.82) is 0 Å². The van der Waals surface area contributed by atoms with E-state index in [2.05, 4.69) is 5.32 Å². The molecule has 0 atom stereocenters. The van der Waals surface area contributed by atoms with Gasteiger partial charge in [0.2, 0.25) is 10.0 Å². The number of ether oxygens (including phenoxy) is 1. The first-order valence-electron chi connectivity index (χ1n) is 9.41. The predicted octanol–water partition coefficient (Wildman–Crippen LogP) is 3.34. The lowest BCUT2D eigenvalue weighted by Gasteiger charge is -2.26. The molecule has 0 unspecified atom stereocenters. The second kappa shape index (κ2) is 9.06. The number of sulfonamides is 1. The Hall–Kier alpha value is -2.23. The Morgan fingerprint density at radius 2 is 1.83 bits per heavy atom. The minimum atomic E-state index is -3.61. The number of amides is 1. The predicted molar refractivity (Wildman–Crippen MR) is 112 cm³/mol. The van der Waals surface area contributed by atoms with Crippen LogP contribution in [0.2, 0.25) is 0 Å². The molecule has 0 bridgehead atoms. The van der Waals surface area contributed by atoms with Crippen LogP contribution >= 0.6 is 11.3 Å². The third-order valence-corrected chi connectivity index (χ3v) is 7.82. The van der Waals surface area contributed by atoms with Crippen molar-refractivity contribution in [2.45, 2.75) is 38.0 Å². The lowest BCUT2D eigenvalue weighted by Crippen LogP contribution is -2.36. The zero-order valence-electron chi connectivity index (χ0n) is 16.4. The SMILES string of the molecule is Cc1ccc(NC(=O)COC(=O)c2sccc2C)cc1S(=O)(=O)N1CCCCC1. The van der Waals surface area contributed by atoms with Crippen LogP contribution in [0.5, 0.6) is 0 Å². The van der Waals surface area contributed by atoms with Gasteiger partial charge in [-0.1, -0.05) is 12.5 Å². The number of hydrogen-bond acceptors (Lipinski definition) is 6. The van der Waals surface area contributed by atoms with Gasteiger partial charge >= 0.3 is 5.97 Å². The standard InChI is InChI=1S/C20H24N2O5S2/c1-14-6-7-16(12-17(14)29(25,26)22-9-4-3-5-10-22)21-18(23)13-27-20(24)19-15(2)8-11-28-19/h6-8,11-12H,3-5,9-10,13H2,1-2H3,(H,21,23). The van der Waals surface area contributed by atoms with Gasteiger partial charge in [-0.2, -0.15) is 4.31 Å². The average molecular weight is 437 g/mol. The molecule has 9 heteroatoms. The molecule has 1 N–H and O–H groups in total. The summed E-state index contributed by atoms with van der Waals surface area (Å²) in [6.45, 7) is 4.10. The molecule has 1 aromatic heterocycles. The Kier molecular flexibility index (Phi) is 6.71. The van der Waals surface area contributed by atoms with E-state index < -0.39 is 28.5 Å². The molecular formula is C20H24N2O5S2. The molecule has 29 heavy (non-hydrogen) atoms. The van der Waals surface area contributed by atoms with E-state index in [1.54, 1.807) is 37.4 Å². The van der Waals surface area contributed by atoms with Gasteiger partial charge in [-0.25, -0.2) is 13.2 Å². The van der Waals surface area contributed by atoms with Crippen LogP contribution in [0.4, 0.5) is 5.69 Å². The van der Waals surface area contributed by atoms with Crippen LogP contribution < -0.4 is 5.32 Å². The van der Waals surface area contributed by atoms with Crippen molar-refractivity contribution >= 4 is 38.9 Å². The fourth-order valence-electron chi connectivity index (χ4n) is 3.18. The van der Waals surface area contributed by atoms with Crippen molar-refractivity contribution in [3.8, 4) is 0 Å². The van der Waals surface area contributed by atoms with Gasteiger partial charge in [0.1, 0.15) is 4.88 Å². The van der Waals surface area contributed by atoms with E-state index in [0.717, 1.165) is 24.8 Å². The number of esters is 1. The first-order valence-corrected chi connectivity index (χ1v) is 11.7. The molecule has 0 radical (unpaired) electrons. The Morgan fingerprint density at radius 1 is 1.10 bits per heavy atom. The average Bonchev–Trinajstić information content (AvgIpc) is 3.14. The van der Waals surface area contributed by atoms with Crippen molar-refractivity contribution < 1.29 is 22.7 Å². The normalized spacial score (nSPS) is 15.1. The third-order valence-electron chi connectivity index (χ3n) is 4.79. The second-order valence-corrected chi connectivity index (χ2v) is 9.82. The van der Waals surface area contributed by atoms with Gasteiger partial charge in [-0.15, -0.1) is 11.3 Å². The maximum Gasteiger partial charge on any atom is 0.349 e. The van der Waals surface area contributed by atoms with E-state index in [1.807, 2.05) is 0 Å². The molecule has 1 aromatic carbocycles. The molecule has 7 nitrogen and oxygen atoms in total. The number of anilines is 1. The number of thiophene rings is 1. The molecule has 1 fully saturated rings. The van der Waals surface area contributed by atoms with E-state index in [-0.39, 0.29) is 4.90 Å². The van der Waals surface area contributed by atoms with Crippen molar-refractivity contribution in [2.75, 3.05) is 25.0 Å². The molecule has 2 aromatic rings. The summed E-state index contributed by atoms with van der Waals surface area (Å²) < 4.78 is 32.5. The van der Waals surface area contributed by atoms with E-state index >= 15 is 0 Å². The van der Waals surface area contributed by atoms with Crippen LogP contribution in [0.15, 0.2) is 34.5 Å². The number of aryl methyl sites for hydroxylation is 2. The molecule has 1 aliphatic rings. The van der Waals surface area contributed by atoms with Crippen LogP contribution in [-0.4, -0.2) is 44.3 Å². The highest BCUT2D eigenvalue weighted by Crippen LogP contribution is 2.26. The number of carbonyl (C=O) groups is 2.